The van der Waals surface area contributed by atoms with E-state index in [0.29, 0.717) is 30.3 Å². The minimum absolute atomic E-state index is 0.0644. The zero-order chi connectivity index (χ0) is 23.7. The molecule has 1 aliphatic heterocycles. The number of alkyl halides is 1. The van der Waals surface area contributed by atoms with Gasteiger partial charge in [-0.15, -0.1) is 0 Å². The van der Waals surface area contributed by atoms with Crippen LogP contribution in [-0.2, 0) is 4.74 Å². The standard InChI is InChI=1S/C22H30FN9O2/c1-13(2)27-22(33)34-17-4-3-14(19(17)23)15-11-18(30-29-15)28-21-26-12-16(20-25-7-10-32(20)21)31-8-5-24-6-9-31/h7,10-14,17,19,24H,3-6,8-9H2,1-2H3,(H,27,33)(H2,26,28,29,30)/t14-,17-,19-/m0/s1. The van der Waals surface area contributed by atoms with Crippen molar-refractivity contribution in [2.75, 3.05) is 36.4 Å². The molecule has 0 bridgehead atoms. The minimum Gasteiger partial charge on any atom is -0.443 e. The van der Waals surface area contributed by atoms with E-state index >= 15 is 4.39 Å². The van der Waals surface area contributed by atoms with Crippen LogP contribution in [0.1, 0.15) is 38.3 Å². The lowest BCUT2D eigenvalue weighted by Crippen LogP contribution is -2.43. The van der Waals surface area contributed by atoms with E-state index in [9.17, 15) is 4.79 Å². The fourth-order valence-electron chi connectivity index (χ4n) is 4.61. The third-order valence-electron chi connectivity index (χ3n) is 6.27. The van der Waals surface area contributed by atoms with Crippen molar-refractivity contribution < 1.29 is 13.9 Å². The predicted molar refractivity (Wildman–Crippen MR) is 125 cm³/mol. The summed E-state index contributed by atoms with van der Waals surface area (Å²) in [7, 11) is 0. The van der Waals surface area contributed by atoms with Gasteiger partial charge in [-0.2, -0.15) is 5.10 Å². The number of carbonyl (C=O) groups is 1. The lowest BCUT2D eigenvalue weighted by molar-refractivity contribution is 0.0555. The summed E-state index contributed by atoms with van der Waals surface area (Å²) in [6.07, 6.45) is 3.78. The lowest BCUT2D eigenvalue weighted by Gasteiger charge is -2.29. The number of anilines is 3. The summed E-state index contributed by atoms with van der Waals surface area (Å²) in [4.78, 5) is 23.2. The van der Waals surface area contributed by atoms with E-state index < -0.39 is 24.3 Å². The minimum atomic E-state index is -1.30. The highest BCUT2D eigenvalue weighted by molar-refractivity contribution is 5.71. The molecule has 34 heavy (non-hydrogen) atoms. The molecule has 3 aromatic heterocycles. The third-order valence-corrected chi connectivity index (χ3v) is 6.27. The number of hydrogen-bond acceptors (Lipinski definition) is 8. The van der Waals surface area contributed by atoms with E-state index in [2.05, 4.69) is 41.0 Å². The van der Waals surface area contributed by atoms with Gasteiger partial charge in [0.05, 0.1) is 11.9 Å². The van der Waals surface area contributed by atoms with Crippen LogP contribution in [-0.4, -0.2) is 75.2 Å². The summed E-state index contributed by atoms with van der Waals surface area (Å²) >= 11 is 0. The SMILES string of the molecule is CC(C)NC(=O)O[C@H]1CC[C@@H](c2cc(Nc3ncc(N4CCNCC4)c4nccn34)n[nH]2)[C@@H]1F. The molecule has 1 saturated carbocycles. The number of rotatable bonds is 6. The highest BCUT2D eigenvalue weighted by atomic mass is 19.1. The average molecular weight is 472 g/mol. The first-order chi connectivity index (χ1) is 16.5. The number of carbonyl (C=O) groups excluding carboxylic acids is 1. The molecule has 12 heteroatoms. The number of nitrogens with one attached hydrogen (secondary N) is 4. The second-order valence-corrected chi connectivity index (χ2v) is 9.03. The first-order valence-electron chi connectivity index (χ1n) is 11.7. The summed E-state index contributed by atoms with van der Waals surface area (Å²) < 4.78 is 22.2. The van der Waals surface area contributed by atoms with Crippen molar-refractivity contribution in [1.82, 2.24) is 35.2 Å². The Kier molecular flexibility index (Phi) is 6.22. The monoisotopic (exact) mass is 471 g/mol. The van der Waals surface area contributed by atoms with Gasteiger partial charge in [-0.1, -0.05) is 0 Å². The summed E-state index contributed by atoms with van der Waals surface area (Å²) in [6, 6.07) is 1.72. The zero-order valence-corrected chi connectivity index (χ0v) is 19.3. The van der Waals surface area contributed by atoms with Gasteiger partial charge in [0.2, 0.25) is 5.95 Å². The number of nitrogens with zero attached hydrogens (tertiary/aromatic N) is 5. The van der Waals surface area contributed by atoms with Gasteiger partial charge in [-0.25, -0.2) is 19.2 Å². The molecule has 1 amide bonds. The van der Waals surface area contributed by atoms with Crippen LogP contribution in [0, 0.1) is 0 Å². The zero-order valence-electron chi connectivity index (χ0n) is 19.3. The first kappa shape index (κ1) is 22.4. The van der Waals surface area contributed by atoms with E-state index in [1.165, 1.54) is 0 Å². The van der Waals surface area contributed by atoms with Gasteiger partial charge in [0.25, 0.3) is 0 Å². The van der Waals surface area contributed by atoms with Crippen molar-refractivity contribution >= 4 is 29.2 Å². The van der Waals surface area contributed by atoms with Gasteiger partial charge < -0.3 is 25.6 Å². The lowest BCUT2D eigenvalue weighted by atomic mass is 10.0. The van der Waals surface area contributed by atoms with E-state index in [1.54, 1.807) is 12.3 Å². The Morgan fingerprint density at radius 1 is 1.26 bits per heavy atom. The molecule has 0 unspecified atom stereocenters. The molecule has 3 aromatic rings. The van der Waals surface area contributed by atoms with Crippen LogP contribution in [0.5, 0.6) is 0 Å². The molecule has 0 aromatic carbocycles. The molecule has 2 aliphatic rings. The number of hydrogen-bond donors (Lipinski definition) is 4. The molecule has 4 N–H and O–H groups in total. The number of aromatic amines is 1. The molecular weight excluding hydrogens is 441 g/mol. The van der Waals surface area contributed by atoms with Crippen LogP contribution in [0.2, 0.25) is 0 Å². The van der Waals surface area contributed by atoms with Gasteiger partial charge in [0, 0.05) is 62.3 Å². The first-order valence-corrected chi connectivity index (χ1v) is 11.7. The van der Waals surface area contributed by atoms with Crippen molar-refractivity contribution in [2.45, 2.75) is 50.9 Å². The quantitative estimate of drug-likeness (QED) is 0.432. The molecule has 4 heterocycles. The molecular formula is C22H30FN9O2. The molecule has 0 spiro atoms. The Bertz CT molecular complexity index is 1140. The van der Waals surface area contributed by atoms with Crippen LogP contribution in [0.25, 0.3) is 5.65 Å². The van der Waals surface area contributed by atoms with Crippen molar-refractivity contribution in [3.8, 4) is 0 Å². The van der Waals surface area contributed by atoms with Crippen molar-refractivity contribution in [1.29, 1.82) is 0 Å². The number of piperazine rings is 1. The van der Waals surface area contributed by atoms with E-state index in [-0.39, 0.29) is 6.04 Å². The van der Waals surface area contributed by atoms with Crippen LogP contribution in [0.3, 0.4) is 0 Å². The second-order valence-electron chi connectivity index (χ2n) is 9.03. The number of H-pyrrole nitrogens is 1. The maximum Gasteiger partial charge on any atom is 0.407 e. The largest absolute Gasteiger partial charge is 0.443 e. The molecule has 11 nitrogen and oxygen atoms in total. The Labute approximate surface area is 196 Å². The van der Waals surface area contributed by atoms with Crippen LogP contribution in [0.15, 0.2) is 24.7 Å². The molecule has 0 radical (unpaired) electrons. The van der Waals surface area contributed by atoms with Crippen LogP contribution >= 0.6 is 0 Å². The Hall–Kier alpha value is -3.41. The maximum absolute atomic E-state index is 15.1. The van der Waals surface area contributed by atoms with Crippen molar-refractivity contribution in [3.05, 3.63) is 30.4 Å². The number of ether oxygens (including phenoxy) is 1. The van der Waals surface area contributed by atoms with Gasteiger partial charge >= 0.3 is 6.09 Å². The van der Waals surface area contributed by atoms with E-state index in [1.807, 2.05) is 30.6 Å². The number of amides is 1. The van der Waals surface area contributed by atoms with E-state index in [4.69, 9.17) is 4.74 Å². The third kappa shape index (κ3) is 4.49. The highest BCUT2D eigenvalue weighted by Gasteiger charge is 2.41. The average Bonchev–Trinajstić information content (AvgIpc) is 3.55. The van der Waals surface area contributed by atoms with E-state index in [0.717, 1.165) is 37.5 Å². The Balaban J connectivity index is 1.28. The molecule has 2 fully saturated rings. The predicted octanol–water partition coefficient (Wildman–Crippen LogP) is 2.32. The molecule has 3 atom stereocenters. The fraction of sp³-hybridized carbons (Fsp3) is 0.545. The summed E-state index contributed by atoms with van der Waals surface area (Å²) in [6.45, 7) is 7.30. The smallest absolute Gasteiger partial charge is 0.407 e. The topological polar surface area (TPSA) is 124 Å². The number of aromatic nitrogens is 5. The summed E-state index contributed by atoms with van der Waals surface area (Å²) in [5.74, 6) is 0.678. The number of imidazole rings is 1. The molecule has 182 valence electrons. The van der Waals surface area contributed by atoms with Crippen molar-refractivity contribution in [2.24, 2.45) is 0 Å². The fourth-order valence-corrected chi connectivity index (χ4v) is 4.61. The highest BCUT2D eigenvalue weighted by Crippen LogP contribution is 2.38. The molecule has 1 saturated heterocycles. The summed E-state index contributed by atoms with van der Waals surface area (Å²) in [5, 5.41) is 16.4. The normalized spacial score (nSPS) is 22.9. The summed E-state index contributed by atoms with van der Waals surface area (Å²) in [5.41, 5.74) is 2.46. The van der Waals surface area contributed by atoms with Gasteiger partial charge in [0.15, 0.2) is 11.5 Å². The molecule has 5 rings (SSSR count). The number of halogens is 1. The number of fused-ring (bicyclic) bond motifs is 1. The Morgan fingerprint density at radius 3 is 2.88 bits per heavy atom. The number of alkyl carbamates (subject to hydrolysis) is 1. The van der Waals surface area contributed by atoms with Crippen LogP contribution < -0.4 is 20.9 Å². The molecule has 1 aliphatic carbocycles. The van der Waals surface area contributed by atoms with Crippen molar-refractivity contribution in [3.63, 3.8) is 0 Å². The second kappa shape index (κ2) is 9.45. The Morgan fingerprint density at radius 2 is 2.09 bits per heavy atom. The maximum atomic E-state index is 15.1. The van der Waals surface area contributed by atoms with Crippen LogP contribution in [0.4, 0.5) is 26.6 Å². The van der Waals surface area contributed by atoms with Gasteiger partial charge in [-0.05, 0) is 26.7 Å². The van der Waals surface area contributed by atoms with Gasteiger partial charge in [0.1, 0.15) is 12.3 Å². The van der Waals surface area contributed by atoms with Gasteiger partial charge in [-0.3, -0.25) is 9.50 Å².